The molecule has 106 valence electrons. The minimum Gasteiger partial charge on any atom is -0.309 e. The van der Waals surface area contributed by atoms with Crippen LogP contribution in [0.4, 0.5) is 4.39 Å². The summed E-state index contributed by atoms with van der Waals surface area (Å²) in [5.74, 6) is -0.235. The van der Waals surface area contributed by atoms with E-state index in [-0.39, 0.29) is 11.9 Å². The molecule has 0 bridgehead atoms. The molecule has 1 N–H and O–H groups in total. The Balaban J connectivity index is 2.55. The predicted octanol–water partition coefficient (Wildman–Crippen LogP) is 4.82. The lowest BCUT2D eigenvalue weighted by molar-refractivity contribution is 0.616. The third-order valence-corrected chi connectivity index (χ3v) is 4.20. The molecule has 0 fully saturated rings. The summed E-state index contributed by atoms with van der Waals surface area (Å²) in [5.41, 5.74) is 6.08. The normalized spacial score (nSPS) is 12.5. The maximum atomic E-state index is 13.4. The first-order valence-corrected chi connectivity index (χ1v) is 7.43. The Labute approximate surface area is 128 Å². The van der Waals surface area contributed by atoms with Crippen molar-refractivity contribution in [3.05, 3.63) is 68.4 Å². The van der Waals surface area contributed by atoms with Gasteiger partial charge in [0, 0.05) is 0 Å². The van der Waals surface area contributed by atoms with Crippen LogP contribution >= 0.6 is 15.9 Å². The van der Waals surface area contributed by atoms with Crippen molar-refractivity contribution in [1.82, 2.24) is 5.32 Å². The van der Waals surface area contributed by atoms with E-state index in [2.05, 4.69) is 54.2 Å². The molecular weight excluding hydrogens is 317 g/mol. The van der Waals surface area contributed by atoms with E-state index in [0.29, 0.717) is 4.47 Å². The lowest BCUT2D eigenvalue weighted by Gasteiger charge is -2.22. The smallest absolute Gasteiger partial charge is 0.137 e. The third kappa shape index (κ3) is 2.94. The third-order valence-electron chi connectivity index (χ3n) is 3.59. The molecule has 0 heterocycles. The van der Waals surface area contributed by atoms with E-state index in [1.54, 1.807) is 0 Å². The quantitative estimate of drug-likeness (QED) is 0.847. The molecule has 0 aliphatic carbocycles. The summed E-state index contributed by atoms with van der Waals surface area (Å²) in [6.45, 7) is 6.35. The van der Waals surface area contributed by atoms with Gasteiger partial charge in [-0.25, -0.2) is 4.39 Å². The number of rotatable bonds is 3. The van der Waals surface area contributed by atoms with Crippen LogP contribution in [-0.2, 0) is 0 Å². The lowest BCUT2D eigenvalue weighted by atomic mass is 9.90. The molecule has 1 atom stereocenters. The minimum absolute atomic E-state index is 0.0625. The van der Waals surface area contributed by atoms with Gasteiger partial charge in [-0.2, -0.15) is 0 Å². The van der Waals surface area contributed by atoms with E-state index in [0.717, 1.165) is 5.56 Å². The van der Waals surface area contributed by atoms with E-state index in [1.807, 2.05) is 19.2 Å². The van der Waals surface area contributed by atoms with Crippen molar-refractivity contribution in [3.63, 3.8) is 0 Å². The Kier molecular flexibility index (Phi) is 4.61. The molecule has 2 aromatic carbocycles. The number of halogens is 2. The highest BCUT2D eigenvalue weighted by Crippen LogP contribution is 2.30. The van der Waals surface area contributed by atoms with Crippen LogP contribution in [-0.4, -0.2) is 7.05 Å². The lowest BCUT2D eigenvalue weighted by Crippen LogP contribution is -2.20. The van der Waals surface area contributed by atoms with Gasteiger partial charge in [0.1, 0.15) is 5.82 Å². The highest BCUT2D eigenvalue weighted by molar-refractivity contribution is 9.10. The van der Waals surface area contributed by atoms with Crippen molar-refractivity contribution in [1.29, 1.82) is 0 Å². The van der Waals surface area contributed by atoms with Gasteiger partial charge in [-0.3, -0.25) is 0 Å². The van der Waals surface area contributed by atoms with Gasteiger partial charge in [0.25, 0.3) is 0 Å². The van der Waals surface area contributed by atoms with E-state index in [9.17, 15) is 4.39 Å². The average Bonchev–Trinajstić information content (AvgIpc) is 2.37. The zero-order valence-electron chi connectivity index (χ0n) is 12.2. The van der Waals surface area contributed by atoms with Crippen LogP contribution in [0.3, 0.4) is 0 Å². The van der Waals surface area contributed by atoms with Gasteiger partial charge >= 0.3 is 0 Å². The highest BCUT2D eigenvalue weighted by atomic mass is 79.9. The van der Waals surface area contributed by atoms with Gasteiger partial charge in [0.05, 0.1) is 10.5 Å². The van der Waals surface area contributed by atoms with Crippen LogP contribution in [0.2, 0.25) is 0 Å². The van der Waals surface area contributed by atoms with Gasteiger partial charge in [-0.05, 0) is 78.1 Å². The molecule has 0 spiro atoms. The van der Waals surface area contributed by atoms with Crippen LogP contribution in [0.15, 0.2) is 34.8 Å². The number of aryl methyl sites for hydroxylation is 3. The monoisotopic (exact) mass is 335 g/mol. The molecule has 0 saturated carbocycles. The van der Waals surface area contributed by atoms with Crippen molar-refractivity contribution in [2.45, 2.75) is 26.8 Å². The Hall–Kier alpha value is -1.19. The van der Waals surface area contributed by atoms with E-state index in [1.165, 1.54) is 28.3 Å². The van der Waals surface area contributed by atoms with Crippen molar-refractivity contribution in [2.24, 2.45) is 0 Å². The summed E-state index contributed by atoms with van der Waals surface area (Å²) < 4.78 is 13.9. The molecule has 0 saturated heterocycles. The fourth-order valence-electron chi connectivity index (χ4n) is 2.82. The summed E-state index contributed by atoms with van der Waals surface area (Å²) in [5, 5.41) is 3.34. The van der Waals surface area contributed by atoms with Crippen molar-refractivity contribution >= 4 is 15.9 Å². The van der Waals surface area contributed by atoms with Crippen LogP contribution in [0.5, 0.6) is 0 Å². The van der Waals surface area contributed by atoms with Crippen molar-refractivity contribution in [2.75, 3.05) is 7.05 Å². The largest absolute Gasteiger partial charge is 0.309 e. The molecule has 2 rings (SSSR count). The molecule has 3 heteroatoms. The molecule has 0 amide bonds. The molecule has 0 aromatic heterocycles. The zero-order chi connectivity index (χ0) is 14.9. The molecule has 2 aromatic rings. The summed E-state index contributed by atoms with van der Waals surface area (Å²) in [6, 6.07) is 9.61. The van der Waals surface area contributed by atoms with Crippen molar-refractivity contribution in [3.8, 4) is 0 Å². The van der Waals surface area contributed by atoms with Gasteiger partial charge in [-0.1, -0.05) is 23.8 Å². The van der Waals surface area contributed by atoms with Gasteiger partial charge < -0.3 is 5.32 Å². The summed E-state index contributed by atoms with van der Waals surface area (Å²) >= 11 is 3.26. The molecule has 20 heavy (non-hydrogen) atoms. The Morgan fingerprint density at radius 3 is 2.15 bits per heavy atom. The molecular formula is C17H19BrFN. The van der Waals surface area contributed by atoms with Crippen LogP contribution in [0.1, 0.15) is 33.9 Å². The first-order chi connectivity index (χ1) is 9.43. The summed E-state index contributed by atoms with van der Waals surface area (Å²) in [7, 11) is 1.93. The molecule has 0 aliphatic heterocycles. The van der Waals surface area contributed by atoms with Gasteiger partial charge in [0.15, 0.2) is 0 Å². The number of nitrogens with one attached hydrogen (secondary N) is 1. The Bertz CT molecular complexity index is 614. The Morgan fingerprint density at radius 2 is 1.65 bits per heavy atom. The molecule has 1 nitrogen and oxygen atoms in total. The van der Waals surface area contributed by atoms with Gasteiger partial charge in [0.2, 0.25) is 0 Å². The van der Waals surface area contributed by atoms with Crippen LogP contribution < -0.4 is 5.32 Å². The first-order valence-electron chi connectivity index (χ1n) is 6.64. The average molecular weight is 336 g/mol. The molecule has 1 unspecified atom stereocenters. The summed E-state index contributed by atoms with van der Waals surface area (Å²) in [4.78, 5) is 0. The summed E-state index contributed by atoms with van der Waals surface area (Å²) in [6.07, 6.45) is 0. The molecule has 0 aliphatic rings. The molecule has 0 radical (unpaired) electrons. The fraction of sp³-hybridized carbons (Fsp3) is 0.294. The Morgan fingerprint density at radius 1 is 1.05 bits per heavy atom. The maximum Gasteiger partial charge on any atom is 0.137 e. The SMILES string of the molecule is CNC(c1ccc(F)c(Br)c1)c1c(C)cc(C)cc1C. The topological polar surface area (TPSA) is 12.0 Å². The standard InChI is InChI=1S/C17H19BrFN/c1-10-7-11(2)16(12(3)8-10)17(20-4)13-5-6-15(19)14(18)9-13/h5-9,17,20H,1-4H3. The van der Waals surface area contributed by atoms with Crippen LogP contribution in [0, 0.1) is 26.6 Å². The highest BCUT2D eigenvalue weighted by Gasteiger charge is 2.18. The number of benzene rings is 2. The first kappa shape index (κ1) is 15.2. The fourth-order valence-corrected chi connectivity index (χ4v) is 3.21. The number of hydrogen-bond acceptors (Lipinski definition) is 1. The van der Waals surface area contributed by atoms with Gasteiger partial charge in [-0.15, -0.1) is 0 Å². The van der Waals surface area contributed by atoms with E-state index in [4.69, 9.17) is 0 Å². The van der Waals surface area contributed by atoms with Crippen molar-refractivity contribution < 1.29 is 4.39 Å². The predicted molar refractivity (Wildman–Crippen MR) is 85.7 cm³/mol. The maximum absolute atomic E-state index is 13.4. The van der Waals surface area contributed by atoms with E-state index < -0.39 is 0 Å². The minimum atomic E-state index is -0.235. The zero-order valence-corrected chi connectivity index (χ0v) is 13.8. The van der Waals surface area contributed by atoms with E-state index >= 15 is 0 Å². The second-order valence-corrected chi connectivity index (χ2v) is 6.06. The second-order valence-electron chi connectivity index (χ2n) is 5.21. The van der Waals surface area contributed by atoms with Crippen LogP contribution in [0.25, 0.3) is 0 Å². The number of hydrogen-bond donors (Lipinski definition) is 1. The second kappa shape index (κ2) is 6.06.